The summed E-state index contributed by atoms with van der Waals surface area (Å²) < 4.78 is 39.5. The molecule has 4 amide bonds. The molecule has 2 aliphatic heterocycles. The van der Waals surface area contributed by atoms with Crippen LogP contribution in [0.25, 0.3) is 0 Å². The number of hydrogen-bond donors (Lipinski definition) is 2. The van der Waals surface area contributed by atoms with Crippen LogP contribution < -0.4 is 15.5 Å². The summed E-state index contributed by atoms with van der Waals surface area (Å²) in [4.78, 5) is 53.1. The highest BCUT2D eigenvalue weighted by Crippen LogP contribution is 2.44. The van der Waals surface area contributed by atoms with Crippen molar-refractivity contribution in [1.82, 2.24) is 4.90 Å². The molecule has 4 rings (SSSR count). The molecule has 8 nitrogen and oxygen atoms in total. The molecule has 0 aliphatic carbocycles. The summed E-state index contributed by atoms with van der Waals surface area (Å²) in [6, 6.07) is 9.34. The number of benzene rings is 2. The molecule has 2 aromatic carbocycles. The Hall–Kier alpha value is -3.89. The first kappa shape index (κ1) is 24.2. The highest BCUT2D eigenvalue weighted by Gasteiger charge is 2.52. The Morgan fingerprint density at radius 1 is 1.06 bits per heavy atom. The number of nitrogens with one attached hydrogen (secondary N) is 2. The Labute approximate surface area is 199 Å². The zero-order chi connectivity index (χ0) is 25.5. The number of alkyl halides is 3. The molecule has 1 fully saturated rings. The Morgan fingerprint density at radius 2 is 1.77 bits per heavy atom. The fourth-order valence-corrected chi connectivity index (χ4v) is 4.59. The van der Waals surface area contributed by atoms with Crippen LogP contribution in [0.5, 0.6) is 0 Å². The van der Waals surface area contributed by atoms with Crippen molar-refractivity contribution >= 4 is 40.7 Å². The molecular formula is C24H23F3N4O4. The van der Waals surface area contributed by atoms with E-state index in [-0.39, 0.29) is 42.6 Å². The van der Waals surface area contributed by atoms with Crippen LogP contribution >= 0.6 is 0 Å². The Bertz CT molecular complexity index is 1230. The number of amides is 4. The van der Waals surface area contributed by atoms with Gasteiger partial charge in [-0.2, -0.15) is 13.2 Å². The van der Waals surface area contributed by atoms with E-state index in [1.165, 1.54) is 11.8 Å². The average Bonchev–Trinajstić information content (AvgIpc) is 3.09. The Kier molecular flexibility index (Phi) is 6.04. The van der Waals surface area contributed by atoms with Crippen molar-refractivity contribution in [2.45, 2.75) is 44.9 Å². The molecule has 0 bridgehead atoms. The van der Waals surface area contributed by atoms with Gasteiger partial charge in [-0.1, -0.05) is 12.1 Å². The number of halogens is 3. The van der Waals surface area contributed by atoms with E-state index >= 15 is 0 Å². The fraction of sp³-hybridized carbons (Fsp3) is 0.333. The standard InChI is InChI=1S/C24H23F3N4O4/c1-14(32)28-17-8-7-15(24(25,26)27)13-18(17)29-20(33)10-12-30-22(35)16-5-3-4-6-19(16)31-21(34)9-11-23(30,31)2/h3-8,13H,9-12H2,1-2H3,(H,28,32)(H,29,33). The van der Waals surface area contributed by atoms with Crippen molar-refractivity contribution in [1.29, 1.82) is 0 Å². The van der Waals surface area contributed by atoms with Gasteiger partial charge in [0.1, 0.15) is 5.66 Å². The number of anilines is 3. The molecule has 1 atom stereocenters. The van der Waals surface area contributed by atoms with Gasteiger partial charge in [-0.05, 0) is 43.7 Å². The van der Waals surface area contributed by atoms with E-state index in [0.717, 1.165) is 18.2 Å². The molecule has 0 spiro atoms. The third-order valence-electron chi connectivity index (χ3n) is 6.24. The molecule has 0 radical (unpaired) electrons. The van der Waals surface area contributed by atoms with Gasteiger partial charge in [0, 0.05) is 26.3 Å². The highest BCUT2D eigenvalue weighted by atomic mass is 19.4. The van der Waals surface area contributed by atoms with Crippen molar-refractivity contribution in [3.8, 4) is 0 Å². The largest absolute Gasteiger partial charge is 0.416 e. The molecule has 2 heterocycles. The maximum absolute atomic E-state index is 13.3. The molecule has 0 aromatic heterocycles. The molecule has 35 heavy (non-hydrogen) atoms. The predicted octanol–water partition coefficient (Wildman–Crippen LogP) is 3.99. The van der Waals surface area contributed by atoms with E-state index in [9.17, 15) is 32.3 Å². The number of hydrogen-bond acceptors (Lipinski definition) is 4. The molecule has 2 aliphatic rings. The molecule has 184 valence electrons. The molecule has 11 heteroatoms. The van der Waals surface area contributed by atoms with Gasteiger partial charge >= 0.3 is 6.18 Å². The number of carbonyl (C=O) groups excluding carboxylic acids is 4. The summed E-state index contributed by atoms with van der Waals surface area (Å²) in [6.45, 7) is 2.89. The van der Waals surface area contributed by atoms with Gasteiger partial charge < -0.3 is 15.5 Å². The maximum atomic E-state index is 13.3. The van der Waals surface area contributed by atoms with Gasteiger partial charge in [0.05, 0.1) is 28.2 Å². The summed E-state index contributed by atoms with van der Waals surface area (Å²) in [7, 11) is 0. The SMILES string of the molecule is CC(=O)Nc1ccc(C(F)(F)F)cc1NC(=O)CCN1C(=O)c2ccccc2N2C(=O)CCC12C. The summed E-state index contributed by atoms with van der Waals surface area (Å²) in [6.07, 6.45) is -4.25. The maximum Gasteiger partial charge on any atom is 0.416 e. The molecule has 1 saturated heterocycles. The lowest BCUT2D eigenvalue weighted by Crippen LogP contribution is -2.62. The van der Waals surface area contributed by atoms with E-state index in [2.05, 4.69) is 10.6 Å². The lowest BCUT2D eigenvalue weighted by Gasteiger charge is -2.48. The van der Waals surface area contributed by atoms with Crippen molar-refractivity contribution in [3.63, 3.8) is 0 Å². The van der Waals surface area contributed by atoms with Crippen LogP contribution in [0.3, 0.4) is 0 Å². The third kappa shape index (κ3) is 4.45. The monoisotopic (exact) mass is 488 g/mol. The molecule has 2 N–H and O–H groups in total. The minimum absolute atomic E-state index is 0.0151. The van der Waals surface area contributed by atoms with E-state index in [1.54, 1.807) is 36.1 Å². The summed E-state index contributed by atoms with van der Waals surface area (Å²) in [5.41, 5.74) is -1.28. The lowest BCUT2D eigenvalue weighted by atomic mass is 9.98. The van der Waals surface area contributed by atoms with E-state index in [4.69, 9.17) is 0 Å². The second kappa shape index (κ2) is 8.71. The number of para-hydroxylation sites is 1. The van der Waals surface area contributed by atoms with Crippen molar-refractivity contribution in [2.75, 3.05) is 22.1 Å². The summed E-state index contributed by atoms with van der Waals surface area (Å²) in [5, 5.41) is 4.80. The van der Waals surface area contributed by atoms with E-state index in [1.807, 2.05) is 0 Å². The fourth-order valence-electron chi connectivity index (χ4n) is 4.59. The van der Waals surface area contributed by atoms with Crippen LogP contribution in [0, 0.1) is 0 Å². The Morgan fingerprint density at radius 3 is 2.46 bits per heavy atom. The highest BCUT2D eigenvalue weighted by molar-refractivity contribution is 6.10. The van der Waals surface area contributed by atoms with Crippen LogP contribution in [0.2, 0.25) is 0 Å². The van der Waals surface area contributed by atoms with Crippen LogP contribution in [0.1, 0.15) is 49.0 Å². The first-order valence-corrected chi connectivity index (χ1v) is 10.9. The minimum Gasteiger partial charge on any atom is -0.325 e. The first-order valence-electron chi connectivity index (χ1n) is 10.9. The average molecular weight is 488 g/mol. The van der Waals surface area contributed by atoms with Crippen molar-refractivity contribution in [3.05, 3.63) is 53.6 Å². The Balaban J connectivity index is 1.56. The molecule has 0 saturated carbocycles. The second-order valence-corrected chi connectivity index (χ2v) is 8.66. The van der Waals surface area contributed by atoms with Gasteiger partial charge in [-0.3, -0.25) is 24.1 Å². The van der Waals surface area contributed by atoms with Crippen LogP contribution in [-0.4, -0.2) is 40.7 Å². The van der Waals surface area contributed by atoms with Crippen molar-refractivity contribution in [2.24, 2.45) is 0 Å². The zero-order valence-corrected chi connectivity index (χ0v) is 19.0. The number of carbonyl (C=O) groups is 4. The third-order valence-corrected chi connectivity index (χ3v) is 6.24. The number of fused-ring (bicyclic) bond motifs is 3. The molecule has 1 unspecified atom stereocenters. The zero-order valence-electron chi connectivity index (χ0n) is 19.0. The minimum atomic E-state index is -4.64. The van der Waals surface area contributed by atoms with Gasteiger partial charge in [0.15, 0.2) is 0 Å². The normalized spacial score (nSPS) is 19.3. The van der Waals surface area contributed by atoms with Crippen molar-refractivity contribution < 1.29 is 32.3 Å². The topological polar surface area (TPSA) is 98.8 Å². The summed E-state index contributed by atoms with van der Waals surface area (Å²) >= 11 is 0. The number of rotatable bonds is 5. The van der Waals surface area contributed by atoms with Crippen LogP contribution in [0.4, 0.5) is 30.2 Å². The van der Waals surface area contributed by atoms with Gasteiger partial charge in [0.25, 0.3) is 5.91 Å². The van der Waals surface area contributed by atoms with Gasteiger partial charge in [-0.25, -0.2) is 0 Å². The lowest BCUT2D eigenvalue weighted by molar-refractivity contribution is -0.137. The van der Waals surface area contributed by atoms with E-state index < -0.39 is 29.2 Å². The second-order valence-electron chi connectivity index (χ2n) is 8.66. The van der Waals surface area contributed by atoms with E-state index in [0.29, 0.717) is 17.7 Å². The smallest absolute Gasteiger partial charge is 0.325 e. The quantitative estimate of drug-likeness (QED) is 0.665. The summed E-state index contributed by atoms with van der Waals surface area (Å²) in [5.74, 6) is -1.63. The predicted molar refractivity (Wildman–Crippen MR) is 122 cm³/mol. The molecule has 2 aromatic rings. The van der Waals surface area contributed by atoms with Gasteiger partial charge in [0.2, 0.25) is 17.7 Å². The van der Waals surface area contributed by atoms with Crippen LogP contribution in [0.15, 0.2) is 42.5 Å². The van der Waals surface area contributed by atoms with Gasteiger partial charge in [-0.15, -0.1) is 0 Å². The molecular weight excluding hydrogens is 465 g/mol. The van der Waals surface area contributed by atoms with Crippen LogP contribution in [-0.2, 0) is 20.6 Å². The first-order chi connectivity index (χ1) is 16.4. The number of nitrogens with zero attached hydrogens (tertiary/aromatic N) is 2.